The van der Waals surface area contributed by atoms with Gasteiger partial charge < -0.3 is 10.1 Å². The van der Waals surface area contributed by atoms with Gasteiger partial charge in [0, 0.05) is 11.6 Å². The summed E-state index contributed by atoms with van der Waals surface area (Å²) in [5.74, 6) is 2.28. The Morgan fingerprint density at radius 2 is 2.21 bits per heavy atom. The van der Waals surface area contributed by atoms with Gasteiger partial charge in [0.25, 0.3) is 5.91 Å². The van der Waals surface area contributed by atoms with E-state index in [0.717, 1.165) is 42.3 Å². The molecular formula is C19H23N3O2. The number of aromatic nitrogens is 2. The standard InChI is InChI=1S/C19H23N3O2/c1-12-10-18(22(21-12)13(2)14-5-6-14)20-19(23)16-7-8-17-15(11-16)4-3-9-24-17/h7-8,10-11,13-14H,3-6,9H2,1-2H3,(H,20,23). The van der Waals surface area contributed by atoms with Crippen molar-refractivity contribution in [2.24, 2.45) is 5.92 Å². The summed E-state index contributed by atoms with van der Waals surface area (Å²) in [6, 6.07) is 7.95. The Labute approximate surface area is 142 Å². The maximum atomic E-state index is 12.7. The molecule has 5 heteroatoms. The summed E-state index contributed by atoms with van der Waals surface area (Å²) in [6.45, 7) is 4.90. The van der Waals surface area contributed by atoms with Crippen molar-refractivity contribution >= 4 is 11.7 Å². The van der Waals surface area contributed by atoms with Gasteiger partial charge in [-0.2, -0.15) is 5.10 Å². The van der Waals surface area contributed by atoms with Crippen LogP contribution >= 0.6 is 0 Å². The lowest BCUT2D eigenvalue weighted by Gasteiger charge is -2.18. The monoisotopic (exact) mass is 325 g/mol. The lowest BCUT2D eigenvalue weighted by atomic mass is 10.0. The van der Waals surface area contributed by atoms with Gasteiger partial charge in [-0.1, -0.05) is 0 Å². The van der Waals surface area contributed by atoms with E-state index in [1.165, 1.54) is 12.8 Å². The molecule has 24 heavy (non-hydrogen) atoms. The van der Waals surface area contributed by atoms with Gasteiger partial charge in [-0.3, -0.25) is 4.79 Å². The number of aryl methyl sites for hydroxylation is 2. The molecule has 1 aromatic heterocycles. The molecule has 1 amide bonds. The van der Waals surface area contributed by atoms with Crippen LogP contribution in [0.4, 0.5) is 5.82 Å². The molecule has 0 bridgehead atoms. The Balaban J connectivity index is 1.56. The average Bonchev–Trinajstić information content (AvgIpc) is 3.37. The second-order valence-corrected chi connectivity index (χ2v) is 6.92. The molecule has 0 spiro atoms. The second kappa shape index (κ2) is 5.96. The first-order valence-electron chi connectivity index (χ1n) is 8.75. The first-order chi connectivity index (χ1) is 11.6. The van der Waals surface area contributed by atoms with Crippen LogP contribution in [0.5, 0.6) is 5.75 Å². The molecule has 4 rings (SSSR count). The molecule has 1 fully saturated rings. The highest BCUT2D eigenvalue weighted by molar-refractivity contribution is 6.04. The molecule has 2 aromatic rings. The van der Waals surface area contributed by atoms with Gasteiger partial charge in [0.2, 0.25) is 0 Å². The van der Waals surface area contributed by atoms with Crippen LogP contribution in [0, 0.1) is 12.8 Å². The first kappa shape index (κ1) is 15.2. The van der Waals surface area contributed by atoms with Crippen LogP contribution in [0.25, 0.3) is 0 Å². The minimum atomic E-state index is -0.0903. The number of fused-ring (bicyclic) bond motifs is 1. The molecule has 1 aromatic carbocycles. The Bertz CT molecular complexity index is 777. The number of hydrogen-bond acceptors (Lipinski definition) is 3. The van der Waals surface area contributed by atoms with E-state index in [1.54, 1.807) is 0 Å². The Kier molecular flexibility index (Phi) is 3.79. The van der Waals surface area contributed by atoms with E-state index in [9.17, 15) is 4.79 Å². The average molecular weight is 325 g/mol. The highest BCUT2D eigenvalue weighted by Gasteiger charge is 2.31. The topological polar surface area (TPSA) is 56.1 Å². The van der Waals surface area contributed by atoms with E-state index in [2.05, 4.69) is 17.3 Å². The fraction of sp³-hybridized carbons (Fsp3) is 0.474. The SMILES string of the molecule is Cc1cc(NC(=O)c2ccc3c(c2)CCCO3)n(C(C)C2CC2)n1. The van der Waals surface area contributed by atoms with Crippen LogP contribution in [0.15, 0.2) is 24.3 Å². The molecule has 2 heterocycles. The molecule has 1 N–H and O–H groups in total. The molecule has 2 aliphatic rings. The number of carbonyl (C=O) groups is 1. The maximum Gasteiger partial charge on any atom is 0.256 e. The van der Waals surface area contributed by atoms with Crippen LogP contribution in [0.3, 0.4) is 0 Å². The van der Waals surface area contributed by atoms with Crippen LogP contribution in [-0.2, 0) is 6.42 Å². The van der Waals surface area contributed by atoms with Crippen molar-refractivity contribution in [1.82, 2.24) is 9.78 Å². The lowest BCUT2D eigenvalue weighted by Crippen LogP contribution is -2.19. The summed E-state index contributed by atoms with van der Waals surface area (Å²) < 4.78 is 7.58. The van der Waals surface area contributed by atoms with Gasteiger partial charge in [0.15, 0.2) is 0 Å². The Hall–Kier alpha value is -2.30. The smallest absolute Gasteiger partial charge is 0.256 e. The van der Waals surface area contributed by atoms with E-state index in [1.807, 2.05) is 35.9 Å². The second-order valence-electron chi connectivity index (χ2n) is 6.92. The van der Waals surface area contributed by atoms with Crippen molar-refractivity contribution in [2.45, 2.75) is 45.6 Å². The molecule has 126 valence electrons. The number of nitrogens with one attached hydrogen (secondary N) is 1. The number of rotatable bonds is 4. The van der Waals surface area contributed by atoms with Gasteiger partial charge in [-0.05, 0) is 69.2 Å². The molecule has 1 aliphatic heterocycles. The van der Waals surface area contributed by atoms with Crippen LogP contribution < -0.4 is 10.1 Å². The summed E-state index contributed by atoms with van der Waals surface area (Å²) in [6.07, 6.45) is 4.46. The highest BCUT2D eigenvalue weighted by Crippen LogP contribution is 2.40. The number of benzene rings is 1. The zero-order chi connectivity index (χ0) is 16.7. The minimum absolute atomic E-state index is 0.0903. The summed E-state index contributed by atoms with van der Waals surface area (Å²) in [5.41, 5.74) is 2.71. The van der Waals surface area contributed by atoms with E-state index in [4.69, 9.17) is 4.74 Å². The van der Waals surface area contributed by atoms with Crippen molar-refractivity contribution < 1.29 is 9.53 Å². The van der Waals surface area contributed by atoms with Gasteiger partial charge in [0.1, 0.15) is 11.6 Å². The number of ether oxygens (including phenoxy) is 1. The van der Waals surface area contributed by atoms with Crippen LogP contribution in [-0.4, -0.2) is 22.3 Å². The van der Waals surface area contributed by atoms with E-state index >= 15 is 0 Å². The lowest BCUT2D eigenvalue weighted by molar-refractivity contribution is 0.102. The summed E-state index contributed by atoms with van der Waals surface area (Å²) >= 11 is 0. The zero-order valence-corrected chi connectivity index (χ0v) is 14.2. The maximum absolute atomic E-state index is 12.7. The van der Waals surface area contributed by atoms with Crippen molar-refractivity contribution in [3.05, 3.63) is 41.1 Å². The predicted octanol–water partition coefficient (Wildman–Crippen LogP) is 3.74. The van der Waals surface area contributed by atoms with E-state index in [-0.39, 0.29) is 5.91 Å². The highest BCUT2D eigenvalue weighted by atomic mass is 16.5. The number of nitrogens with zero attached hydrogens (tertiary/aromatic N) is 2. The fourth-order valence-electron chi connectivity index (χ4n) is 3.39. The van der Waals surface area contributed by atoms with Gasteiger partial charge >= 0.3 is 0 Å². The quantitative estimate of drug-likeness (QED) is 0.931. The van der Waals surface area contributed by atoms with Crippen LogP contribution in [0.2, 0.25) is 0 Å². The van der Waals surface area contributed by atoms with E-state index < -0.39 is 0 Å². The Morgan fingerprint density at radius 3 is 3.00 bits per heavy atom. The first-order valence-corrected chi connectivity index (χ1v) is 8.75. The van der Waals surface area contributed by atoms with Crippen LogP contribution in [0.1, 0.15) is 53.8 Å². The molecular weight excluding hydrogens is 302 g/mol. The minimum Gasteiger partial charge on any atom is -0.493 e. The number of carbonyl (C=O) groups excluding carboxylic acids is 1. The molecule has 1 unspecified atom stereocenters. The Morgan fingerprint density at radius 1 is 1.38 bits per heavy atom. The summed E-state index contributed by atoms with van der Waals surface area (Å²) in [4.78, 5) is 12.7. The van der Waals surface area contributed by atoms with Gasteiger partial charge in [-0.25, -0.2) is 4.68 Å². The molecule has 1 atom stereocenters. The van der Waals surface area contributed by atoms with Crippen molar-refractivity contribution in [1.29, 1.82) is 0 Å². The van der Waals surface area contributed by atoms with E-state index in [0.29, 0.717) is 17.5 Å². The third kappa shape index (κ3) is 2.90. The van der Waals surface area contributed by atoms with Crippen molar-refractivity contribution in [3.8, 4) is 5.75 Å². The normalized spacial score (nSPS) is 17.8. The number of amides is 1. The number of anilines is 1. The molecule has 0 saturated heterocycles. The van der Waals surface area contributed by atoms with Crippen molar-refractivity contribution in [3.63, 3.8) is 0 Å². The zero-order valence-electron chi connectivity index (χ0n) is 14.2. The largest absolute Gasteiger partial charge is 0.493 e. The third-order valence-electron chi connectivity index (χ3n) is 4.96. The molecule has 5 nitrogen and oxygen atoms in total. The number of hydrogen-bond donors (Lipinski definition) is 1. The summed E-state index contributed by atoms with van der Waals surface area (Å²) in [5, 5.41) is 7.61. The fourth-order valence-corrected chi connectivity index (χ4v) is 3.39. The van der Waals surface area contributed by atoms with Gasteiger partial charge in [0.05, 0.1) is 18.3 Å². The molecule has 1 saturated carbocycles. The van der Waals surface area contributed by atoms with Crippen molar-refractivity contribution in [2.75, 3.05) is 11.9 Å². The molecule has 1 aliphatic carbocycles. The molecule has 0 radical (unpaired) electrons. The third-order valence-corrected chi connectivity index (χ3v) is 4.96. The predicted molar refractivity (Wildman–Crippen MR) is 92.6 cm³/mol. The summed E-state index contributed by atoms with van der Waals surface area (Å²) in [7, 11) is 0. The van der Waals surface area contributed by atoms with Gasteiger partial charge in [-0.15, -0.1) is 0 Å².